The van der Waals surface area contributed by atoms with Crippen LogP contribution in [-0.4, -0.2) is 92.7 Å². The van der Waals surface area contributed by atoms with Crippen LogP contribution in [0, 0.1) is 40.9 Å². The van der Waals surface area contributed by atoms with Crippen LogP contribution in [0.4, 0.5) is 0 Å². The Morgan fingerprint density at radius 1 is 0.959 bits per heavy atom. The largest absolute Gasteiger partial charge is 0.512 e. The van der Waals surface area contributed by atoms with Gasteiger partial charge in [0.1, 0.15) is 41.6 Å². The molecule has 2 heterocycles. The maximum Gasteiger partial charge on any atom is 0.187 e. The quantitative estimate of drug-likeness (QED) is 0.198. The Morgan fingerprint density at radius 3 is 2.43 bits per heavy atom. The molecular formula is C38H59N2O9+. The summed E-state index contributed by atoms with van der Waals surface area (Å²) < 4.78 is 12.4. The lowest BCUT2D eigenvalue weighted by atomic mass is 9.59. The third-order valence-corrected chi connectivity index (χ3v) is 13.9. The van der Waals surface area contributed by atoms with E-state index in [0.29, 0.717) is 25.2 Å². The van der Waals surface area contributed by atoms with Gasteiger partial charge in [-0.3, -0.25) is 15.3 Å². The molecule has 5 unspecified atom stereocenters. The molecule has 49 heavy (non-hydrogen) atoms. The molecule has 4 saturated carbocycles. The van der Waals surface area contributed by atoms with E-state index in [2.05, 4.69) is 5.32 Å². The maximum absolute atomic E-state index is 14.2. The molecule has 0 amide bonds. The second-order valence-corrected chi connectivity index (χ2v) is 16.8. The van der Waals surface area contributed by atoms with Crippen molar-refractivity contribution in [2.24, 2.45) is 46.7 Å². The Balaban J connectivity index is 1.11. The van der Waals surface area contributed by atoms with Crippen molar-refractivity contribution in [1.29, 1.82) is 0 Å². The molecule has 0 radical (unpaired) electrons. The summed E-state index contributed by atoms with van der Waals surface area (Å²) in [5, 5.41) is 59.2. The molecular weight excluding hydrogens is 628 g/mol. The number of nitrogens with two attached hydrogens (primary N) is 2. The number of aliphatic hydroxyl groups is 5. The minimum absolute atomic E-state index is 0.0383. The second kappa shape index (κ2) is 14.4. The van der Waals surface area contributed by atoms with E-state index in [0.717, 1.165) is 69.9 Å². The number of hydrogen-bond acceptors (Lipinski definition) is 10. The lowest BCUT2D eigenvalue weighted by molar-refractivity contribution is -0.700. The first-order chi connectivity index (χ1) is 23.5. The fourth-order valence-electron chi connectivity index (χ4n) is 11.4. The molecule has 7 rings (SSSR count). The highest BCUT2D eigenvalue weighted by molar-refractivity contribution is 6.02. The van der Waals surface area contributed by atoms with Crippen molar-refractivity contribution in [3.8, 4) is 0 Å². The van der Waals surface area contributed by atoms with Crippen LogP contribution in [0.3, 0.4) is 0 Å². The maximum atomic E-state index is 14.2. The molecule has 5 aliphatic carbocycles. The smallest absolute Gasteiger partial charge is 0.187 e. The predicted octanol–water partition coefficient (Wildman–Crippen LogP) is 1.90. The van der Waals surface area contributed by atoms with Crippen molar-refractivity contribution in [3.63, 3.8) is 0 Å². The second-order valence-electron chi connectivity index (χ2n) is 16.8. The highest BCUT2D eigenvalue weighted by Gasteiger charge is 2.61. The number of rotatable bonds is 8. The average Bonchev–Trinajstić information content (AvgIpc) is 3.57. The van der Waals surface area contributed by atoms with Crippen LogP contribution in [0.2, 0.25) is 0 Å². The first-order valence-corrected chi connectivity index (χ1v) is 19.3. The predicted molar refractivity (Wildman–Crippen MR) is 178 cm³/mol. The van der Waals surface area contributed by atoms with Gasteiger partial charge < -0.3 is 40.3 Å². The van der Waals surface area contributed by atoms with E-state index in [-0.39, 0.29) is 41.2 Å². The van der Waals surface area contributed by atoms with Crippen LogP contribution < -0.4 is 11.1 Å². The molecule has 2 aliphatic heterocycles. The van der Waals surface area contributed by atoms with E-state index in [1.807, 2.05) is 6.08 Å². The summed E-state index contributed by atoms with van der Waals surface area (Å²) in [5.41, 5.74) is 4.91. The van der Waals surface area contributed by atoms with Gasteiger partial charge >= 0.3 is 0 Å². The van der Waals surface area contributed by atoms with Crippen molar-refractivity contribution in [2.45, 2.75) is 145 Å². The summed E-state index contributed by atoms with van der Waals surface area (Å²) in [6, 6.07) is 0. The van der Waals surface area contributed by atoms with Crippen molar-refractivity contribution in [2.75, 3.05) is 13.2 Å². The first-order valence-electron chi connectivity index (χ1n) is 19.3. The van der Waals surface area contributed by atoms with E-state index < -0.39 is 66.6 Å². The monoisotopic (exact) mass is 687 g/mol. The Kier molecular flexibility index (Phi) is 10.5. The third-order valence-electron chi connectivity index (χ3n) is 13.9. The van der Waals surface area contributed by atoms with Crippen LogP contribution in [0.5, 0.6) is 0 Å². The lowest BCUT2D eigenvalue weighted by Gasteiger charge is -2.53. The number of ether oxygens (including phenoxy) is 2. The first kappa shape index (κ1) is 35.7. The molecule has 0 spiro atoms. The SMILES string of the molecule is NC1CC(C2(C[C@]3(O)[C@H](O)[C@@H](CO)O[C@H](OC4CCCC5C(=O)[C@H]6C=C(CC7CCCCC7)C=C(O)[C@@H]6C(=O)C45)[C@@H]3O)CCCC2)CC[NH2+]1. The summed E-state index contributed by atoms with van der Waals surface area (Å²) >= 11 is 0. The van der Waals surface area contributed by atoms with Gasteiger partial charge in [-0.25, -0.2) is 0 Å². The van der Waals surface area contributed by atoms with Crippen LogP contribution in [-0.2, 0) is 19.1 Å². The highest BCUT2D eigenvalue weighted by Crippen LogP contribution is 2.55. The number of carbonyl (C=O) groups excluding carboxylic acids is 2. The molecule has 0 aromatic carbocycles. The molecule has 0 aromatic rings. The lowest BCUT2D eigenvalue weighted by Crippen LogP contribution is -2.95. The van der Waals surface area contributed by atoms with Crippen LogP contribution >= 0.6 is 0 Å². The van der Waals surface area contributed by atoms with E-state index in [1.165, 1.54) is 19.3 Å². The van der Waals surface area contributed by atoms with Crippen molar-refractivity contribution < 1.29 is 49.9 Å². The Morgan fingerprint density at radius 2 is 1.71 bits per heavy atom. The molecule has 11 nitrogen and oxygen atoms in total. The standard InChI is InChI=1S/C38H58N2O9/c39-29-18-23(11-14-40-29)37(12-4-5-13-37)20-38(47)34(45)28(19-41)49-36(35(38)46)48-27-10-6-9-24-31(27)33(44)30-25(32(24)43)16-22(17-26(30)42)15-21-7-2-1-3-8-21/h16-17,21,23-25,27-31,34-36,40-42,45-47H,1-15,18-20,39H2/p+1/t23?,24?,25-,27?,28+,29?,30+,31?,34+,35-,36-,38-/m0/s1. The molecule has 11 heteroatoms. The number of quaternary nitrogens is 1. The van der Waals surface area contributed by atoms with E-state index in [1.54, 1.807) is 6.08 Å². The van der Waals surface area contributed by atoms with Gasteiger partial charge in [-0.15, -0.1) is 0 Å². The number of carbonyl (C=O) groups is 2. The van der Waals surface area contributed by atoms with Gasteiger partial charge in [0.15, 0.2) is 12.1 Å². The minimum atomic E-state index is -2.04. The van der Waals surface area contributed by atoms with Gasteiger partial charge in [-0.05, 0) is 67.4 Å². The normalized spacial score (nSPS) is 44.6. The summed E-state index contributed by atoms with van der Waals surface area (Å²) in [4.78, 5) is 28.3. The number of Topliss-reactive ketones (excluding diaryl/α,β-unsaturated/α-hetero) is 2. The number of hydrogen-bond donors (Lipinski definition) is 7. The van der Waals surface area contributed by atoms with E-state index in [9.17, 15) is 35.1 Å². The molecule has 12 atom stereocenters. The highest BCUT2D eigenvalue weighted by atomic mass is 16.7. The Bertz CT molecular complexity index is 1290. The Labute approximate surface area is 289 Å². The number of ketones is 2. The number of fused-ring (bicyclic) bond motifs is 2. The van der Waals surface area contributed by atoms with E-state index >= 15 is 0 Å². The van der Waals surface area contributed by atoms with Crippen molar-refractivity contribution >= 4 is 11.6 Å². The van der Waals surface area contributed by atoms with Crippen LogP contribution in [0.1, 0.15) is 103 Å². The summed E-state index contributed by atoms with van der Waals surface area (Å²) in [5.74, 6) is -2.69. The fraction of sp³-hybridized carbons (Fsp3) is 0.842. The molecule has 6 fully saturated rings. The summed E-state index contributed by atoms with van der Waals surface area (Å²) in [7, 11) is 0. The molecule has 0 bridgehead atoms. The van der Waals surface area contributed by atoms with Gasteiger partial charge in [0.2, 0.25) is 0 Å². The minimum Gasteiger partial charge on any atom is -0.512 e. The van der Waals surface area contributed by atoms with Gasteiger partial charge in [0.05, 0.1) is 37.0 Å². The van der Waals surface area contributed by atoms with Crippen molar-refractivity contribution in [3.05, 3.63) is 23.5 Å². The molecule has 9 N–H and O–H groups in total. The number of piperidine rings is 1. The zero-order valence-corrected chi connectivity index (χ0v) is 28.8. The van der Waals surface area contributed by atoms with E-state index in [4.69, 9.17) is 15.2 Å². The fourth-order valence-corrected chi connectivity index (χ4v) is 11.4. The number of allylic oxidation sites excluding steroid dienone is 4. The van der Waals surface area contributed by atoms with Gasteiger partial charge in [0.25, 0.3) is 0 Å². The molecule has 2 saturated heterocycles. The summed E-state index contributed by atoms with van der Waals surface area (Å²) in [6.07, 6.45) is 10.7. The Hall–Kier alpha value is -1.70. The van der Waals surface area contributed by atoms with Crippen LogP contribution in [0.25, 0.3) is 0 Å². The van der Waals surface area contributed by atoms with Gasteiger partial charge in [-0.2, -0.15) is 0 Å². The van der Waals surface area contributed by atoms with Gasteiger partial charge in [-0.1, -0.05) is 57.4 Å². The zero-order chi connectivity index (χ0) is 34.5. The molecule has 7 aliphatic rings. The third kappa shape index (κ3) is 6.60. The van der Waals surface area contributed by atoms with Gasteiger partial charge in [0, 0.05) is 18.8 Å². The molecule has 274 valence electrons. The number of aliphatic hydroxyl groups excluding tert-OH is 4. The topological polar surface area (TPSA) is 196 Å². The molecule has 0 aromatic heterocycles. The van der Waals surface area contributed by atoms with Crippen LogP contribution in [0.15, 0.2) is 23.5 Å². The van der Waals surface area contributed by atoms with Crippen molar-refractivity contribution in [1.82, 2.24) is 0 Å². The average molecular weight is 688 g/mol. The zero-order valence-electron chi connectivity index (χ0n) is 28.8. The summed E-state index contributed by atoms with van der Waals surface area (Å²) in [6.45, 7) is 0.283.